The predicted octanol–water partition coefficient (Wildman–Crippen LogP) is 4.07. The Kier molecular flexibility index (Phi) is 7.59. The normalized spacial score (nSPS) is 23.2. The van der Waals surface area contributed by atoms with Crippen LogP contribution in [0.15, 0.2) is 11.6 Å². The first-order valence-electron chi connectivity index (χ1n) is 8.89. The third-order valence-electron chi connectivity index (χ3n) is 4.10. The molecule has 0 saturated carbocycles. The zero-order valence-corrected chi connectivity index (χ0v) is 16.1. The van der Waals surface area contributed by atoms with Crippen LogP contribution >= 0.6 is 0 Å². The van der Waals surface area contributed by atoms with Crippen LogP contribution in [0.5, 0.6) is 0 Å². The molecule has 134 valence electrons. The zero-order chi connectivity index (χ0) is 17.6. The predicted molar refractivity (Wildman–Crippen MR) is 96.5 cm³/mol. The van der Waals surface area contributed by atoms with Gasteiger partial charge in [-0.1, -0.05) is 25.5 Å². The van der Waals surface area contributed by atoms with Gasteiger partial charge in [-0.2, -0.15) is 0 Å². The van der Waals surface area contributed by atoms with Gasteiger partial charge in [0.1, 0.15) is 5.60 Å². The lowest BCUT2D eigenvalue weighted by Crippen LogP contribution is -2.39. The highest BCUT2D eigenvalue weighted by Crippen LogP contribution is 2.27. The van der Waals surface area contributed by atoms with Gasteiger partial charge >= 0.3 is 6.09 Å². The van der Waals surface area contributed by atoms with Crippen molar-refractivity contribution in [1.29, 1.82) is 0 Å². The molecule has 1 aliphatic rings. The third-order valence-corrected chi connectivity index (χ3v) is 4.10. The average molecular weight is 325 g/mol. The van der Waals surface area contributed by atoms with Gasteiger partial charge in [-0.25, -0.2) is 4.79 Å². The molecular formula is C19H36N2O2. The summed E-state index contributed by atoms with van der Waals surface area (Å²) in [5, 5.41) is 3.58. The Balaban J connectivity index is 2.25. The Morgan fingerprint density at radius 3 is 2.70 bits per heavy atom. The van der Waals surface area contributed by atoms with E-state index in [9.17, 15) is 4.79 Å². The molecule has 0 bridgehead atoms. The number of nitrogens with one attached hydrogen (secondary N) is 1. The second-order valence-electron chi connectivity index (χ2n) is 8.42. The van der Waals surface area contributed by atoms with E-state index in [-0.39, 0.29) is 6.09 Å². The van der Waals surface area contributed by atoms with Crippen LogP contribution in [0.3, 0.4) is 0 Å². The van der Waals surface area contributed by atoms with Crippen molar-refractivity contribution >= 4 is 6.09 Å². The first-order valence-corrected chi connectivity index (χ1v) is 8.89. The topological polar surface area (TPSA) is 41.6 Å². The summed E-state index contributed by atoms with van der Waals surface area (Å²) in [6, 6.07) is 0. The van der Waals surface area contributed by atoms with Crippen molar-refractivity contribution in [1.82, 2.24) is 10.2 Å². The number of hydrogen-bond acceptors (Lipinski definition) is 3. The maximum atomic E-state index is 12.0. The molecule has 23 heavy (non-hydrogen) atoms. The molecule has 0 heterocycles. The Morgan fingerprint density at radius 1 is 1.48 bits per heavy atom. The van der Waals surface area contributed by atoms with Crippen molar-refractivity contribution in [3.05, 3.63) is 11.6 Å². The van der Waals surface area contributed by atoms with Gasteiger partial charge in [-0.15, -0.1) is 0 Å². The number of rotatable bonds is 6. The molecule has 0 fully saturated rings. The van der Waals surface area contributed by atoms with Gasteiger partial charge in [0.2, 0.25) is 0 Å². The van der Waals surface area contributed by atoms with Crippen LogP contribution < -0.4 is 5.32 Å². The van der Waals surface area contributed by atoms with Crippen LogP contribution in [0.25, 0.3) is 0 Å². The van der Waals surface area contributed by atoms with E-state index >= 15 is 0 Å². The minimum absolute atomic E-state index is 0.244. The number of carbonyl (C=O) groups excluding carboxylic acids is 1. The summed E-state index contributed by atoms with van der Waals surface area (Å²) in [5.41, 5.74) is 1.09. The summed E-state index contributed by atoms with van der Waals surface area (Å²) >= 11 is 0. The standard InChI is InChI=1S/C19H36N2O2/c1-14-8-15(2)10-17(9-14)12-20-11-16(3)13-21(7)18(22)23-19(4,5)6/h8,14,16-17,20H,9-13H2,1-7H3. The Bertz CT molecular complexity index is 412. The molecule has 0 aliphatic heterocycles. The molecule has 1 aliphatic carbocycles. The molecular weight excluding hydrogens is 288 g/mol. The van der Waals surface area contributed by atoms with E-state index in [4.69, 9.17) is 4.74 Å². The lowest BCUT2D eigenvalue weighted by molar-refractivity contribution is 0.0276. The molecule has 0 aromatic carbocycles. The fraction of sp³-hybridized carbons (Fsp3) is 0.842. The lowest BCUT2D eigenvalue weighted by Gasteiger charge is -2.28. The third kappa shape index (κ3) is 8.40. The largest absolute Gasteiger partial charge is 0.444 e. The highest BCUT2D eigenvalue weighted by atomic mass is 16.6. The summed E-state index contributed by atoms with van der Waals surface area (Å²) < 4.78 is 5.38. The molecule has 3 unspecified atom stereocenters. The fourth-order valence-corrected chi connectivity index (χ4v) is 3.32. The molecule has 0 aromatic heterocycles. The van der Waals surface area contributed by atoms with Crippen LogP contribution in [-0.4, -0.2) is 43.3 Å². The second kappa shape index (κ2) is 8.72. The van der Waals surface area contributed by atoms with Crippen molar-refractivity contribution < 1.29 is 9.53 Å². The van der Waals surface area contributed by atoms with Crippen LogP contribution in [0.1, 0.15) is 54.4 Å². The monoisotopic (exact) mass is 324 g/mol. The Hall–Kier alpha value is -1.03. The molecule has 0 radical (unpaired) electrons. The van der Waals surface area contributed by atoms with Crippen LogP contribution in [0.4, 0.5) is 4.79 Å². The van der Waals surface area contributed by atoms with Crippen molar-refractivity contribution in [2.75, 3.05) is 26.7 Å². The molecule has 1 amide bonds. The summed E-state index contributed by atoms with van der Waals surface area (Å²) in [6.07, 6.45) is 4.64. The van der Waals surface area contributed by atoms with Gasteiger partial charge < -0.3 is 15.0 Å². The van der Waals surface area contributed by atoms with Gasteiger partial charge in [0, 0.05) is 13.6 Å². The highest BCUT2D eigenvalue weighted by Gasteiger charge is 2.21. The number of carbonyl (C=O) groups is 1. The number of ether oxygens (including phenoxy) is 1. The summed E-state index contributed by atoms with van der Waals surface area (Å²) in [6.45, 7) is 15.1. The number of allylic oxidation sites excluding steroid dienone is 2. The first-order chi connectivity index (χ1) is 10.6. The average Bonchev–Trinajstić information content (AvgIpc) is 2.35. The first kappa shape index (κ1) is 20.0. The zero-order valence-electron chi connectivity index (χ0n) is 16.1. The molecule has 1 rings (SSSR count). The lowest BCUT2D eigenvalue weighted by atomic mass is 9.83. The minimum Gasteiger partial charge on any atom is -0.444 e. The van der Waals surface area contributed by atoms with Crippen LogP contribution in [0.2, 0.25) is 0 Å². The van der Waals surface area contributed by atoms with Crippen molar-refractivity contribution in [3.8, 4) is 0 Å². The fourth-order valence-electron chi connectivity index (χ4n) is 3.32. The maximum Gasteiger partial charge on any atom is 0.410 e. The van der Waals surface area contributed by atoms with E-state index in [2.05, 4.69) is 32.2 Å². The number of amides is 1. The molecule has 0 aromatic rings. The quantitative estimate of drug-likeness (QED) is 0.749. The minimum atomic E-state index is -0.435. The Labute approximate surface area is 142 Å². The van der Waals surface area contributed by atoms with Crippen molar-refractivity contribution in [2.45, 2.75) is 60.0 Å². The SMILES string of the molecule is CC1=CC(C)CC(CNCC(C)CN(C)C(=O)OC(C)(C)C)C1. The van der Waals surface area contributed by atoms with E-state index in [0.29, 0.717) is 18.4 Å². The van der Waals surface area contributed by atoms with E-state index in [1.807, 2.05) is 27.8 Å². The van der Waals surface area contributed by atoms with E-state index in [1.54, 1.807) is 4.90 Å². The van der Waals surface area contributed by atoms with E-state index < -0.39 is 5.60 Å². The molecule has 0 saturated heterocycles. The van der Waals surface area contributed by atoms with Crippen LogP contribution in [0, 0.1) is 17.8 Å². The summed E-state index contributed by atoms with van der Waals surface area (Å²) in [4.78, 5) is 13.6. The van der Waals surface area contributed by atoms with Crippen LogP contribution in [-0.2, 0) is 4.74 Å². The van der Waals surface area contributed by atoms with Crippen molar-refractivity contribution in [3.63, 3.8) is 0 Å². The van der Waals surface area contributed by atoms with Gasteiger partial charge in [-0.05, 0) is 71.4 Å². The maximum absolute atomic E-state index is 12.0. The van der Waals surface area contributed by atoms with Gasteiger partial charge in [0.05, 0.1) is 0 Å². The summed E-state index contributed by atoms with van der Waals surface area (Å²) in [7, 11) is 1.81. The molecule has 3 atom stereocenters. The molecule has 0 spiro atoms. The molecule has 4 nitrogen and oxygen atoms in total. The molecule has 1 N–H and O–H groups in total. The van der Waals surface area contributed by atoms with Gasteiger partial charge in [0.15, 0.2) is 0 Å². The second-order valence-corrected chi connectivity index (χ2v) is 8.42. The molecule has 4 heteroatoms. The van der Waals surface area contributed by atoms with Gasteiger partial charge in [-0.3, -0.25) is 0 Å². The van der Waals surface area contributed by atoms with E-state index in [1.165, 1.54) is 18.4 Å². The van der Waals surface area contributed by atoms with Crippen molar-refractivity contribution in [2.24, 2.45) is 17.8 Å². The highest BCUT2D eigenvalue weighted by molar-refractivity contribution is 5.67. The number of nitrogens with zero attached hydrogens (tertiary/aromatic N) is 1. The van der Waals surface area contributed by atoms with Gasteiger partial charge in [0.25, 0.3) is 0 Å². The van der Waals surface area contributed by atoms with E-state index in [0.717, 1.165) is 19.0 Å². The number of hydrogen-bond donors (Lipinski definition) is 1. The smallest absolute Gasteiger partial charge is 0.410 e. The summed E-state index contributed by atoms with van der Waals surface area (Å²) in [5.74, 6) is 1.85. The Morgan fingerprint density at radius 2 is 2.13 bits per heavy atom.